The Labute approximate surface area is 143 Å². The Balaban J connectivity index is 1.86. The molecule has 0 fully saturated rings. The number of hydrogen-bond donors (Lipinski definition) is 0. The Morgan fingerprint density at radius 1 is 1.08 bits per heavy atom. The van der Waals surface area contributed by atoms with E-state index in [0.717, 1.165) is 29.7 Å². The quantitative estimate of drug-likeness (QED) is 0.690. The van der Waals surface area contributed by atoms with Crippen molar-refractivity contribution in [1.29, 1.82) is 0 Å². The van der Waals surface area contributed by atoms with Gasteiger partial charge < -0.3 is 9.47 Å². The standard InChI is InChI=1S/C20H15F3O2/c1-2-3-15(16-8-11-18-19(12-16)25-13-24-18)7-4-14-5-9-17(10-6-14)20(21,22)23/h3,5-6,8-12H,2,13H2,1H3/b15-3+. The van der Waals surface area contributed by atoms with E-state index < -0.39 is 11.7 Å². The molecule has 128 valence electrons. The van der Waals surface area contributed by atoms with Crippen molar-refractivity contribution in [2.24, 2.45) is 0 Å². The first-order valence-corrected chi connectivity index (χ1v) is 7.77. The van der Waals surface area contributed by atoms with Crippen LogP contribution in [0.5, 0.6) is 11.5 Å². The second-order valence-electron chi connectivity index (χ2n) is 5.42. The summed E-state index contributed by atoms with van der Waals surface area (Å²) in [4.78, 5) is 0. The third-order valence-electron chi connectivity index (χ3n) is 3.65. The van der Waals surface area contributed by atoms with E-state index in [4.69, 9.17) is 9.47 Å². The average Bonchev–Trinajstić information content (AvgIpc) is 3.06. The predicted molar refractivity (Wildman–Crippen MR) is 89.2 cm³/mol. The van der Waals surface area contributed by atoms with E-state index >= 15 is 0 Å². The highest BCUT2D eigenvalue weighted by Crippen LogP contribution is 2.34. The molecular formula is C20H15F3O2. The van der Waals surface area contributed by atoms with E-state index in [2.05, 4.69) is 11.8 Å². The van der Waals surface area contributed by atoms with Gasteiger partial charge in [0, 0.05) is 11.1 Å². The Hall–Kier alpha value is -2.87. The minimum absolute atomic E-state index is 0.197. The van der Waals surface area contributed by atoms with E-state index in [1.54, 1.807) is 0 Å². The zero-order valence-electron chi connectivity index (χ0n) is 13.5. The van der Waals surface area contributed by atoms with Crippen LogP contribution in [-0.4, -0.2) is 6.79 Å². The molecule has 2 aromatic carbocycles. The molecule has 25 heavy (non-hydrogen) atoms. The lowest BCUT2D eigenvalue weighted by molar-refractivity contribution is -0.137. The Morgan fingerprint density at radius 3 is 2.48 bits per heavy atom. The summed E-state index contributed by atoms with van der Waals surface area (Å²) in [7, 11) is 0. The summed E-state index contributed by atoms with van der Waals surface area (Å²) >= 11 is 0. The van der Waals surface area contributed by atoms with Crippen LogP contribution in [0.4, 0.5) is 13.2 Å². The van der Waals surface area contributed by atoms with E-state index in [1.807, 2.05) is 31.2 Å². The molecule has 5 heteroatoms. The van der Waals surface area contributed by atoms with E-state index in [-0.39, 0.29) is 6.79 Å². The highest BCUT2D eigenvalue weighted by molar-refractivity contribution is 5.80. The maximum Gasteiger partial charge on any atom is 0.416 e. The molecular weight excluding hydrogens is 329 g/mol. The van der Waals surface area contributed by atoms with Crippen molar-refractivity contribution in [3.8, 4) is 23.3 Å². The zero-order chi connectivity index (χ0) is 17.9. The van der Waals surface area contributed by atoms with Crippen LogP contribution in [0.25, 0.3) is 5.57 Å². The number of benzene rings is 2. The number of halogens is 3. The van der Waals surface area contributed by atoms with Gasteiger partial charge in [-0.05, 0) is 54.4 Å². The molecule has 0 saturated carbocycles. The van der Waals surface area contributed by atoms with Gasteiger partial charge >= 0.3 is 6.18 Å². The van der Waals surface area contributed by atoms with Gasteiger partial charge in [-0.1, -0.05) is 24.8 Å². The third-order valence-corrected chi connectivity index (χ3v) is 3.65. The third kappa shape index (κ3) is 3.97. The van der Waals surface area contributed by atoms with Crippen molar-refractivity contribution in [2.45, 2.75) is 19.5 Å². The van der Waals surface area contributed by atoms with Crippen LogP contribution in [0.3, 0.4) is 0 Å². The van der Waals surface area contributed by atoms with Crippen LogP contribution in [-0.2, 0) is 6.18 Å². The molecule has 0 radical (unpaired) electrons. The first kappa shape index (κ1) is 17.0. The predicted octanol–water partition coefficient (Wildman–Crippen LogP) is 5.28. The maximum atomic E-state index is 12.6. The lowest BCUT2D eigenvalue weighted by atomic mass is 10.0. The van der Waals surface area contributed by atoms with Crippen LogP contribution < -0.4 is 9.47 Å². The van der Waals surface area contributed by atoms with Crippen LogP contribution in [0, 0.1) is 11.8 Å². The minimum atomic E-state index is -4.34. The monoisotopic (exact) mass is 344 g/mol. The molecule has 0 N–H and O–H groups in total. The van der Waals surface area contributed by atoms with E-state index in [9.17, 15) is 13.2 Å². The van der Waals surface area contributed by atoms with Gasteiger partial charge in [-0.15, -0.1) is 0 Å². The lowest BCUT2D eigenvalue weighted by Gasteiger charge is -2.05. The van der Waals surface area contributed by atoms with Crippen LogP contribution in [0.1, 0.15) is 30.0 Å². The van der Waals surface area contributed by atoms with Gasteiger partial charge in [0.05, 0.1) is 5.56 Å². The summed E-state index contributed by atoms with van der Waals surface area (Å²) in [6.07, 6.45) is -1.59. The molecule has 2 nitrogen and oxygen atoms in total. The van der Waals surface area contributed by atoms with Gasteiger partial charge in [0.15, 0.2) is 11.5 Å². The molecule has 1 aliphatic heterocycles. The molecule has 0 aliphatic carbocycles. The van der Waals surface area contributed by atoms with Crippen LogP contribution in [0.2, 0.25) is 0 Å². The molecule has 3 rings (SSSR count). The fourth-order valence-corrected chi connectivity index (χ4v) is 2.39. The summed E-state index contributed by atoms with van der Waals surface area (Å²) in [6, 6.07) is 10.4. The number of ether oxygens (including phenoxy) is 2. The second-order valence-corrected chi connectivity index (χ2v) is 5.42. The van der Waals surface area contributed by atoms with Crippen LogP contribution >= 0.6 is 0 Å². The van der Waals surface area contributed by atoms with Gasteiger partial charge in [-0.3, -0.25) is 0 Å². The van der Waals surface area contributed by atoms with Crippen molar-refractivity contribution >= 4 is 5.57 Å². The number of hydrogen-bond acceptors (Lipinski definition) is 2. The average molecular weight is 344 g/mol. The molecule has 2 aromatic rings. The molecule has 1 aliphatic rings. The van der Waals surface area contributed by atoms with Crippen molar-refractivity contribution < 1.29 is 22.6 Å². The van der Waals surface area contributed by atoms with Gasteiger partial charge in [0.1, 0.15) is 0 Å². The number of rotatable bonds is 2. The molecule has 0 saturated heterocycles. The molecule has 0 unspecified atom stereocenters. The summed E-state index contributed by atoms with van der Waals surface area (Å²) in [5.41, 5.74) is 1.51. The smallest absolute Gasteiger partial charge is 0.416 e. The van der Waals surface area contributed by atoms with Crippen molar-refractivity contribution in [3.05, 3.63) is 65.2 Å². The maximum absolute atomic E-state index is 12.6. The summed E-state index contributed by atoms with van der Waals surface area (Å²) < 4.78 is 48.5. The molecule has 1 heterocycles. The Bertz CT molecular complexity index is 853. The van der Waals surface area contributed by atoms with Gasteiger partial charge in [-0.2, -0.15) is 13.2 Å². The highest BCUT2D eigenvalue weighted by Gasteiger charge is 2.29. The summed E-state index contributed by atoms with van der Waals surface area (Å²) in [6.45, 7) is 2.19. The first-order chi connectivity index (χ1) is 12.0. The lowest BCUT2D eigenvalue weighted by Crippen LogP contribution is -2.04. The SMILES string of the molecule is CC/C=C(\C#Cc1ccc(C(F)(F)F)cc1)c1ccc2c(c1)OCO2. The highest BCUT2D eigenvalue weighted by atomic mass is 19.4. The van der Waals surface area contributed by atoms with Gasteiger partial charge in [-0.25, -0.2) is 0 Å². The van der Waals surface area contributed by atoms with Crippen molar-refractivity contribution in [2.75, 3.05) is 6.79 Å². The van der Waals surface area contributed by atoms with E-state index in [1.165, 1.54) is 12.1 Å². The van der Waals surface area contributed by atoms with Crippen LogP contribution in [0.15, 0.2) is 48.5 Å². The van der Waals surface area contributed by atoms with Gasteiger partial charge in [0.2, 0.25) is 6.79 Å². The minimum Gasteiger partial charge on any atom is -0.454 e. The normalized spacial score (nSPS) is 13.4. The number of alkyl halides is 3. The number of allylic oxidation sites excluding steroid dienone is 2. The Morgan fingerprint density at radius 2 is 1.80 bits per heavy atom. The zero-order valence-corrected chi connectivity index (χ0v) is 13.5. The second kappa shape index (κ2) is 6.94. The first-order valence-electron chi connectivity index (χ1n) is 7.77. The van der Waals surface area contributed by atoms with Crippen molar-refractivity contribution in [3.63, 3.8) is 0 Å². The Kier molecular flexibility index (Phi) is 4.71. The molecule has 0 amide bonds. The molecule has 0 atom stereocenters. The van der Waals surface area contributed by atoms with Gasteiger partial charge in [0.25, 0.3) is 0 Å². The largest absolute Gasteiger partial charge is 0.454 e. The fourth-order valence-electron chi connectivity index (χ4n) is 2.39. The van der Waals surface area contributed by atoms with E-state index in [0.29, 0.717) is 17.1 Å². The molecule has 0 aromatic heterocycles. The summed E-state index contributed by atoms with van der Waals surface area (Å²) in [5, 5.41) is 0. The molecule has 0 spiro atoms. The number of fused-ring (bicyclic) bond motifs is 1. The molecule has 0 bridgehead atoms. The topological polar surface area (TPSA) is 18.5 Å². The van der Waals surface area contributed by atoms with Crippen molar-refractivity contribution in [1.82, 2.24) is 0 Å². The fraction of sp³-hybridized carbons (Fsp3) is 0.200. The summed E-state index contributed by atoms with van der Waals surface area (Å²) in [5.74, 6) is 7.31.